The van der Waals surface area contributed by atoms with E-state index in [1.807, 2.05) is 0 Å². The molecule has 0 radical (unpaired) electrons. The van der Waals surface area contributed by atoms with Crippen molar-refractivity contribution < 1.29 is 18.8 Å². The monoisotopic (exact) mass is 344 g/mol. The number of nitro groups is 1. The molecule has 0 fully saturated rings. The van der Waals surface area contributed by atoms with Crippen LogP contribution in [0.1, 0.15) is 5.56 Å². The highest BCUT2D eigenvalue weighted by molar-refractivity contribution is 5.91. The van der Waals surface area contributed by atoms with Crippen LogP contribution in [-0.2, 0) is 4.79 Å². The normalized spacial score (nSPS) is 10.6. The first-order chi connectivity index (χ1) is 12.0. The largest absolute Gasteiger partial charge is 0.489 e. The molecule has 0 aliphatic carbocycles. The Labute approximate surface area is 144 Å². The van der Waals surface area contributed by atoms with Crippen LogP contribution in [0.3, 0.4) is 0 Å². The zero-order valence-electron chi connectivity index (χ0n) is 13.6. The van der Waals surface area contributed by atoms with E-state index in [1.165, 1.54) is 41.3 Å². The Bertz CT molecular complexity index is 792. The van der Waals surface area contributed by atoms with Crippen LogP contribution in [-0.4, -0.2) is 35.9 Å². The summed E-state index contributed by atoms with van der Waals surface area (Å²) >= 11 is 0. The van der Waals surface area contributed by atoms with Gasteiger partial charge in [0.25, 0.3) is 5.69 Å². The van der Waals surface area contributed by atoms with Crippen molar-refractivity contribution in [1.29, 1.82) is 0 Å². The summed E-state index contributed by atoms with van der Waals surface area (Å²) in [6.07, 6.45) is 2.83. The van der Waals surface area contributed by atoms with E-state index < -0.39 is 10.7 Å². The molecular formula is C18H17FN2O4. The fourth-order valence-electron chi connectivity index (χ4n) is 2.00. The first-order valence-corrected chi connectivity index (χ1v) is 7.52. The molecule has 0 saturated carbocycles. The molecule has 0 aliphatic rings. The maximum Gasteiger partial charge on any atom is 0.270 e. The minimum atomic E-state index is -0.495. The molecule has 6 nitrogen and oxygen atoms in total. The van der Waals surface area contributed by atoms with E-state index in [0.29, 0.717) is 5.56 Å². The Hall–Kier alpha value is -3.22. The Kier molecular flexibility index (Phi) is 6.22. The van der Waals surface area contributed by atoms with Crippen molar-refractivity contribution in [2.75, 3.05) is 20.2 Å². The molecular weight excluding hydrogens is 327 g/mol. The molecule has 0 bridgehead atoms. The van der Waals surface area contributed by atoms with E-state index in [-0.39, 0.29) is 30.5 Å². The van der Waals surface area contributed by atoms with Gasteiger partial charge in [-0.15, -0.1) is 0 Å². The number of ether oxygens (including phenoxy) is 1. The molecule has 2 aromatic rings. The predicted molar refractivity (Wildman–Crippen MR) is 91.7 cm³/mol. The lowest BCUT2D eigenvalue weighted by Gasteiger charge is -2.15. The standard InChI is InChI=1S/C18H17FN2O4/c1-20(11-12-25-17-8-3-2-7-16(17)19)18(22)10-9-14-5-4-6-15(13-14)21(23)24/h2-10,13H,11-12H2,1H3/b10-9+. The smallest absolute Gasteiger partial charge is 0.270 e. The van der Waals surface area contributed by atoms with E-state index in [2.05, 4.69) is 0 Å². The number of nitrogens with zero attached hydrogens (tertiary/aromatic N) is 2. The first-order valence-electron chi connectivity index (χ1n) is 7.52. The number of carbonyl (C=O) groups is 1. The number of para-hydroxylation sites is 1. The average molecular weight is 344 g/mol. The summed E-state index contributed by atoms with van der Waals surface area (Å²) in [5.74, 6) is -0.610. The van der Waals surface area contributed by atoms with Gasteiger partial charge in [-0.3, -0.25) is 14.9 Å². The van der Waals surface area contributed by atoms with Crippen LogP contribution in [0.25, 0.3) is 6.08 Å². The predicted octanol–water partition coefficient (Wildman–Crippen LogP) is 3.28. The van der Waals surface area contributed by atoms with E-state index in [1.54, 1.807) is 31.3 Å². The second-order valence-electron chi connectivity index (χ2n) is 5.22. The second-order valence-corrected chi connectivity index (χ2v) is 5.22. The van der Waals surface area contributed by atoms with Gasteiger partial charge in [-0.25, -0.2) is 4.39 Å². The Morgan fingerprint density at radius 3 is 2.76 bits per heavy atom. The third-order valence-corrected chi connectivity index (χ3v) is 3.40. The number of nitro benzene ring substituents is 1. The van der Waals surface area contributed by atoms with Crippen molar-refractivity contribution in [3.8, 4) is 5.75 Å². The molecule has 0 saturated heterocycles. The summed E-state index contributed by atoms with van der Waals surface area (Å²) < 4.78 is 18.7. The van der Waals surface area contributed by atoms with Gasteiger partial charge in [-0.1, -0.05) is 24.3 Å². The van der Waals surface area contributed by atoms with Crippen molar-refractivity contribution in [3.63, 3.8) is 0 Å². The van der Waals surface area contributed by atoms with Crippen LogP contribution in [0.4, 0.5) is 10.1 Å². The Morgan fingerprint density at radius 1 is 1.28 bits per heavy atom. The lowest BCUT2D eigenvalue weighted by atomic mass is 10.2. The number of amides is 1. The van der Waals surface area contributed by atoms with Crippen LogP contribution in [0.15, 0.2) is 54.6 Å². The summed E-state index contributed by atoms with van der Waals surface area (Å²) in [5.41, 5.74) is 0.514. The molecule has 7 heteroatoms. The van der Waals surface area contributed by atoms with Gasteiger partial charge in [0.2, 0.25) is 5.91 Å². The maximum absolute atomic E-state index is 13.4. The quantitative estimate of drug-likeness (QED) is 0.439. The molecule has 0 unspecified atom stereocenters. The summed E-state index contributed by atoms with van der Waals surface area (Å²) in [6.45, 7) is 0.417. The van der Waals surface area contributed by atoms with Crippen molar-refractivity contribution in [2.45, 2.75) is 0 Å². The van der Waals surface area contributed by atoms with Gasteiger partial charge in [0.05, 0.1) is 11.5 Å². The molecule has 1 amide bonds. The van der Waals surface area contributed by atoms with Gasteiger partial charge < -0.3 is 9.64 Å². The summed E-state index contributed by atoms with van der Waals surface area (Å²) in [6, 6.07) is 12.0. The topological polar surface area (TPSA) is 72.7 Å². The van der Waals surface area contributed by atoms with Gasteiger partial charge in [-0.05, 0) is 23.8 Å². The molecule has 0 N–H and O–H groups in total. The number of hydrogen-bond donors (Lipinski definition) is 0. The van der Waals surface area contributed by atoms with Crippen molar-refractivity contribution >= 4 is 17.7 Å². The molecule has 0 heterocycles. The van der Waals surface area contributed by atoms with Gasteiger partial charge in [0, 0.05) is 25.3 Å². The van der Waals surface area contributed by atoms with E-state index in [9.17, 15) is 19.3 Å². The molecule has 0 aromatic heterocycles. The number of rotatable bonds is 7. The van der Waals surface area contributed by atoms with Crippen LogP contribution < -0.4 is 4.74 Å². The Balaban J connectivity index is 1.86. The van der Waals surface area contributed by atoms with Crippen molar-refractivity contribution in [2.24, 2.45) is 0 Å². The van der Waals surface area contributed by atoms with E-state index in [4.69, 9.17) is 4.74 Å². The highest BCUT2D eigenvalue weighted by atomic mass is 19.1. The number of non-ortho nitro benzene ring substituents is 1. The molecule has 130 valence electrons. The average Bonchev–Trinajstić information content (AvgIpc) is 2.61. The minimum absolute atomic E-state index is 0.0405. The third-order valence-electron chi connectivity index (χ3n) is 3.40. The number of hydrogen-bond acceptors (Lipinski definition) is 4. The number of halogens is 1. The lowest BCUT2D eigenvalue weighted by Crippen LogP contribution is -2.29. The highest BCUT2D eigenvalue weighted by Gasteiger charge is 2.08. The minimum Gasteiger partial charge on any atom is -0.489 e. The van der Waals surface area contributed by atoms with Crippen molar-refractivity contribution in [3.05, 3.63) is 76.1 Å². The third kappa shape index (κ3) is 5.42. The van der Waals surface area contributed by atoms with Gasteiger partial charge >= 0.3 is 0 Å². The van der Waals surface area contributed by atoms with Gasteiger partial charge in [0.1, 0.15) is 6.61 Å². The fourth-order valence-corrected chi connectivity index (χ4v) is 2.00. The van der Waals surface area contributed by atoms with Gasteiger partial charge in [0.15, 0.2) is 11.6 Å². The second kappa shape index (κ2) is 8.58. The van der Waals surface area contributed by atoms with E-state index >= 15 is 0 Å². The summed E-state index contributed by atoms with van der Waals surface area (Å²) in [5, 5.41) is 10.7. The van der Waals surface area contributed by atoms with Crippen LogP contribution >= 0.6 is 0 Å². The highest BCUT2D eigenvalue weighted by Crippen LogP contribution is 2.15. The lowest BCUT2D eigenvalue weighted by molar-refractivity contribution is -0.384. The molecule has 0 atom stereocenters. The van der Waals surface area contributed by atoms with Crippen LogP contribution in [0.2, 0.25) is 0 Å². The number of carbonyl (C=O) groups excluding carboxylic acids is 1. The van der Waals surface area contributed by atoms with Crippen molar-refractivity contribution in [1.82, 2.24) is 4.90 Å². The maximum atomic E-state index is 13.4. The van der Waals surface area contributed by atoms with Gasteiger partial charge in [-0.2, -0.15) is 0 Å². The zero-order valence-corrected chi connectivity index (χ0v) is 13.6. The van der Waals surface area contributed by atoms with Crippen LogP contribution in [0.5, 0.6) is 5.75 Å². The van der Waals surface area contributed by atoms with Crippen LogP contribution in [0, 0.1) is 15.9 Å². The molecule has 0 spiro atoms. The zero-order chi connectivity index (χ0) is 18.2. The molecule has 2 aromatic carbocycles. The Morgan fingerprint density at radius 2 is 2.04 bits per heavy atom. The molecule has 25 heavy (non-hydrogen) atoms. The number of likely N-dealkylation sites (N-methyl/N-ethyl adjacent to an activating group) is 1. The summed E-state index contributed by atoms with van der Waals surface area (Å²) in [4.78, 5) is 23.7. The molecule has 2 rings (SSSR count). The SMILES string of the molecule is CN(CCOc1ccccc1F)C(=O)/C=C/c1cccc([N+](=O)[O-])c1. The first kappa shape index (κ1) is 18.1. The summed E-state index contributed by atoms with van der Waals surface area (Å²) in [7, 11) is 1.59. The van der Waals surface area contributed by atoms with E-state index in [0.717, 1.165) is 0 Å². The number of benzene rings is 2. The molecule has 0 aliphatic heterocycles. The fraction of sp³-hybridized carbons (Fsp3) is 0.167.